The molecule has 14 heavy (non-hydrogen) atoms. The van der Waals surface area contributed by atoms with Crippen molar-refractivity contribution in [2.75, 3.05) is 12.0 Å². The van der Waals surface area contributed by atoms with Crippen LogP contribution in [0.3, 0.4) is 0 Å². The number of anilines is 1. The van der Waals surface area contributed by atoms with Gasteiger partial charge in [-0.25, -0.2) is 5.84 Å². The van der Waals surface area contributed by atoms with E-state index >= 15 is 0 Å². The molecule has 0 aromatic carbocycles. The minimum Gasteiger partial charge on any atom is -0.336 e. The summed E-state index contributed by atoms with van der Waals surface area (Å²) < 4.78 is 0. The Kier molecular flexibility index (Phi) is 2.60. The van der Waals surface area contributed by atoms with E-state index < -0.39 is 0 Å². The van der Waals surface area contributed by atoms with Crippen molar-refractivity contribution in [3.05, 3.63) is 5.01 Å². The van der Waals surface area contributed by atoms with Crippen LogP contribution in [0.4, 0.5) is 5.13 Å². The van der Waals surface area contributed by atoms with Crippen LogP contribution >= 0.6 is 11.3 Å². The number of nitrogens with two attached hydrogens (primary N) is 1. The molecule has 0 aliphatic carbocycles. The second-order valence-corrected chi connectivity index (χ2v) is 4.13. The number of likely N-dealkylation sites (tertiary alicyclic amines) is 1. The van der Waals surface area contributed by atoms with Gasteiger partial charge in [0.25, 0.3) is 0 Å². The van der Waals surface area contributed by atoms with E-state index in [1.807, 2.05) is 0 Å². The lowest BCUT2D eigenvalue weighted by molar-refractivity contribution is -0.128. The van der Waals surface area contributed by atoms with Crippen LogP contribution in [-0.4, -0.2) is 27.5 Å². The summed E-state index contributed by atoms with van der Waals surface area (Å²) in [4.78, 5) is 13.1. The Morgan fingerprint density at radius 2 is 2.43 bits per heavy atom. The monoisotopic (exact) mass is 213 g/mol. The van der Waals surface area contributed by atoms with Crippen molar-refractivity contribution < 1.29 is 4.79 Å². The zero-order valence-electron chi connectivity index (χ0n) is 7.56. The van der Waals surface area contributed by atoms with E-state index in [9.17, 15) is 4.79 Å². The molecule has 1 amide bonds. The fourth-order valence-electron chi connectivity index (χ4n) is 1.41. The number of nitrogens with zero attached hydrogens (tertiary/aromatic N) is 3. The first-order chi connectivity index (χ1) is 6.79. The van der Waals surface area contributed by atoms with Gasteiger partial charge in [-0.15, -0.1) is 10.2 Å². The zero-order valence-corrected chi connectivity index (χ0v) is 8.38. The number of hydrazine groups is 1. The lowest BCUT2D eigenvalue weighted by Gasteiger charge is -2.12. The first kappa shape index (κ1) is 9.35. The summed E-state index contributed by atoms with van der Waals surface area (Å²) in [5.41, 5.74) is 2.42. The molecule has 3 N–H and O–H groups in total. The van der Waals surface area contributed by atoms with Crippen molar-refractivity contribution in [1.82, 2.24) is 15.1 Å². The summed E-state index contributed by atoms with van der Waals surface area (Å²) in [7, 11) is 0. The van der Waals surface area contributed by atoms with Crippen molar-refractivity contribution in [2.24, 2.45) is 5.84 Å². The molecule has 7 heteroatoms. The van der Waals surface area contributed by atoms with Crippen molar-refractivity contribution in [1.29, 1.82) is 0 Å². The fraction of sp³-hybridized carbons (Fsp3) is 0.571. The fourth-order valence-corrected chi connectivity index (χ4v) is 2.08. The van der Waals surface area contributed by atoms with Gasteiger partial charge in [0.2, 0.25) is 11.0 Å². The highest BCUT2D eigenvalue weighted by atomic mass is 32.1. The summed E-state index contributed by atoms with van der Waals surface area (Å²) in [5.74, 6) is 5.37. The van der Waals surface area contributed by atoms with Crippen LogP contribution in [0.15, 0.2) is 0 Å². The lowest BCUT2D eigenvalue weighted by Crippen LogP contribution is -2.23. The number of carbonyl (C=O) groups excluding carboxylic acids is 1. The smallest absolute Gasteiger partial charge is 0.223 e. The van der Waals surface area contributed by atoms with Gasteiger partial charge in [0.15, 0.2) is 0 Å². The van der Waals surface area contributed by atoms with E-state index in [0.29, 0.717) is 18.1 Å². The minimum absolute atomic E-state index is 0.197. The molecular weight excluding hydrogens is 202 g/mol. The first-order valence-electron chi connectivity index (χ1n) is 4.36. The SMILES string of the molecule is NNc1nnc(CN2CCCC2=O)s1. The minimum atomic E-state index is 0.197. The molecule has 1 saturated heterocycles. The molecule has 1 aliphatic heterocycles. The Labute approximate surface area is 85.1 Å². The van der Waals surface area contributed by atoms with Crippen LogP contribution in [0.2, 0.25) is 0 Å². The molecule has 2 rings (SSSR count). The van der Waals surface area contributed by atoms with Gasteiger partial charge in [0, 0.05) is 13.0 Å². The van der Waals surface area contributed by atoms with Crippen LogP contribution in [0, 0.1) is 0 Å². The quantitative estimate of drug-likeness (QED) is 0.543. The number of hydrogen-bond acceptors (Lipinski definition) is 6. The van der Waals surface area contributed by atoms with Crippen LogP contribution in [0.25, 0.3) is 0 Å². The number of rotatable bonds is 3. The largest absolute Gasteiger partial charge is 0.336 e. The molecule has 1 fully saturated rings. The van der Waals surface area contributed by atoms with Gasteiger partial charge in [0.1, 0.15) is 5.01 Å². The molecule has 0 bridgehead atoms. The van der Waals surface area contributed by atoms with E-state index in [0.717, 1.165) is 18.0 Å². The van der Waals surface area contributed by atoms with Crippen LogP contribution in [0.5, 0.6) is 0 Å². The first-order valence-corrected chi connectivity index (χ1v) is 5.18. The molecule has 0 unspecified atom stereocenters. The Bertz CT molecular complexity index is 339. The summed E-state index contributed by atoms with van der Waals surface area (Å²) in [6, 6.07) is 0. The number of amides is 1. The molecular formula is C7H11N5OS. The predicted molar refractivity (Wildman–Crippen MR) is 52.4 cm³/mol. The summed E-state index contributed by atoms with van der Waals surface area (Å²) >= 11 is 1.37. The van der Waals surface area contributed by atoms with Crippen LogP contribution in [0.1, 0.15) is 17.8 Å². The maximum Gasteiger partial charge on any atom is 0.223 e. The number of nitrogen functional groups attached to an aromatic ring is 1. The van der Waals surface area contributed by atoms with Gasteiger partial charge in [-0.05, 0) is 6.42 Å². The molecule has 1 aromatic rings. The molecule has 6 nitrogen and oxygen atoms in total. The molecule has 2 heterocycles. The summed E-state index contributed by atoms with van der Waals surface area (Å²) in [6.45, 7) is 1.38. The highest BCUT2D eigenvalue weighted by Gasteiger charge is 2.21. The Morgan fingerprint density at radius 3 is 3.00 bits per heavy atom. The maximum atomic E-state index is 11.3. The molecule has 1 aliphatic rings. The van der Waals surface area contributed by atoms with E-state index in [2.05, 4.69) is 15.6 Å². The normalized spacial score (nSPS) is 16.4. The third kappa shape index (κ3) is 1.83. The predicted octanol–water partition coefficient (Wildman–Crippen LogP) is -0.0539. The van der Waals surface area contributed by atoms with Gasteiger partial charge in [0.05, 0.1) is 6.54 Å². The third-order valence-electron chi connectivity index (χ3n) is 2.09. The third-order valence-corrected chi connectivity index (χ3v) is 2.93. The molecule has 76 valence electrons. The number of carbonyl (C=O) groups is 1. The van der Waals surface area contributed by atoms with Crippen molar-refractivity contribution >= 4 is 22.4 Å². The van der Waals surface area contributed by atoms with E-state index in [1.165, 1.54) is 11.3 Å². The number of aromatic nitrogens is 2. The summed E-state index contributed by atoms with van der Waals surface area (Å²) in [6.07, 6.45) is 1.60. The van der Waals surface area contributed by atoms with Crippen molar-refractivity contribution in [3.63, 3.8) is 0 Å². The Hall–Kier alpha value is -1.21. The highest BCUT2D eigenvalue weighted by Crippen LogP contribution is 2.18. The van der Waals surface area contributed by atoms with Gasteiger partial charge in [-0.1, -0.05) is 11.3 Å². The average molecular weight is 213 g/mol. The highest BCUT2D eigenvalue weighted by molar-refractivity contribution is 7.15. The number of nitrogens with one attached hydrogen (secondary N) is 1. The topological polar surface area (TPSA) is 84.1 Å². The van der Waals surface area contributed by atoms with Crippen molar-refractivity contribution in [3.8, 4) is 0 Å². The Balaban J connectivity index is 1.99. The van der Waals surface area contributed by atoms with Gasteiger partial charge in [-0.3, -0.25) is 10.2 Å². The van der Waals surface area contributed by atoms with E-state index in [4.69, 9.17) is 5.84 Å². The molecule has 1 aromatic heterocycles. The second kappa shape index (κ2) is 3.89. The van der Waals surface area contributed by atoms with Gasteiger partial charge in [-0.2, -0.15) is 0 Å². The molecule has 0 atom stereocenters. The molecule has 0 saturated carbocycles. The van der Waals surface area contributed by atoms with E-state index in [1.54, 1.807) is 4.90 Å². The number of hydrogen-bond donors (Lipinski definition) is 2. The average Bonchev–Trinajstić information content (AvgIpc) is 2.77. The maximum absolute atomic E-state index is 11.3. The zero-order chi connectivity index (χ0) is 9.97. The standard InChI is InChI=1S/C7H11N5OS/c8-9-7-11-10-5(14-7)4-12-3-1-2-6(12)13/h1-4,8H2,(H,9,11). The van der Waals surface area contributed by atoms with Gasteiger partial charge >= 0.3 is 0 Å². The van der Waals surface area contributed by atoms with Gasteiger partial charge < -0.3 is 4.90 Å². The molecule has 0 radical (unpaired) electrons. The summed E-state index contributed by atoms with van der Waals surface area (Å²) in [5, 5.41) is 9.10. The second-order valence-electron chi connectivity index (χ2n) is 3.06. The van der Waals surface area contributed by atoms with Crippen molar-refractivity contribution in [2.45, 2.75) is 19.4 Å². The van der Waals surface area contributed by atoms with Crippen LogP contribution in [-0.2, 0) is 11.3 Å². The van der Waals surface area contributed by atoms with E-state index in [-0.39, 0.29) is 5.91 Å². The Morgan fingerprint density at radius 1 is 1.57 bits per heavy atom. The van der Waals surface area contributed by atoms with Crippen LogP contribution < -0.4 is 11.3 Å². The molecule has 0 spiro atoms. The lowest BCUT2D eigenvalue weighted by atomic mass is 10.4.